The number of carbonyl (C=O) groups excluding carboxylic acids is 1. The maximum Gasteiger partial charge on any atom is 0.306 e. The summed E-state index contributed by atoms with van der Waals surface area (Å²) < 4.78 is 31.0. The van der Waals surface area contributed by atoms with Gasteiger partial charge in [0.25, 0.3) is 0 Å². The molecule has 0 amide bonds. The molecule has 0 saturated heterocycles. The molecule has 0 N–H and O–H groups in total. The molecule has 0 aliphatic carbocycles. The fourth-order valence-electron chi connectivity index (χ4n) is 1.41. The van der Waals surface area contributed by atoms with Crippen molar-refractivity contribution in [2.24, 2.45) is 0 Å². The molecule has 17 heavy (non-hydrogen) atoms. The van der Waals surface area contributed by atoms with Crippen LogP contribution in [0.5, 0.6) is 0 Å². The van der Waals surface area contributed by atoms with E-state index in [1.807, 2.05) is 0 Å². The van der Waals surface area contributed by atoms with Crippen molar-refractivity contribution < 1.29 is 18.3 Å². The molecule has 0 aliphatic rings. The van der Waals surface area contributed by atoms with Gasteiger partial charge in [-0.25, -0.2) is 8.78 Å². The van der Waals surface area contributed by atoms with Gasteiger partial charge >= 0.3 is 5.97 Å². The Balaban J connectivity index is 2.58. The molecule has 5 heteroatoms. The summed E-state index contributed by atoms with van der Waals surface area (Å²) in [4.78, 5) is 10.9. The van der Waals surface area contributed by atoms with Crippen molar-refractivity contribution in [1.29, 1.82) is 0 Å². The summed E-state index contributed by atoms with van der Waals surface area (Å²) in [6, 6.07) is 3.27. The second kappa shape index (κ2) is 6.69. The molecule has 2 nitrogen and oxygen atoms in total. The third-order valence-electron chi connectivity index (χ3n) is 2.14. The summed E-state index contributed by atoms with van der Waals surface area (Å²) in [5.74, 6) is -1.32. The summed E-state index contributed by atoms with van der Waals surface area (Å²) in [5, 5.41) is 0. The first-order chi connectivity index (χ1) is 8.02. The number of halogens is 3. The van der Waals surface area contributed by atoms with Crippen molar-refractivity contribution in [3.63, 3.8) is 0 Å². The molecule has 0 fully saturated rings. The van der Waals surface area contributed by atoms with Gasteiger partial charge in [0.1, 0.15) is 11.6 Å². The van der Waals surface area contributed by atoms with E-state index in [4.69, 9.17) is 4.74 Å². The van der Waals surface area contributed by atoms with E-state index >= 15 is 0 Å². The molecule has 0 aromatic heterocycles. The molecule has 1 atom stereocenters. The Hall–Kier alpha value is -0.970. The van der Waals surface area contributed by atoms with Gasteiger partial charge in [0.2, 0.25) is 0 Å². The van der Waals surface area contributed by atoms with E-state index in [1.165, 1.54) is 0 Å². The highest BCUT2D eigenvalue weighted by molar-refractivity contribution is 9.09. The van der Waals surface area contributed by atoms with E-state index in [9.17, 15) is 13.6 Å². The summed E-state index contributed by atoms with van der Waals surface area (Å²) in [6.45, 7) is 2.03. The highest BCUT2D eigenvalue weighted by Crippen LogP contribution is 2.17. The van der Waals surface area contributed by atoms with Crippen molar-refractivity contribution in [3.05, 3.63) is 35.4 Å². The predicted octanol–water partition coefficient (Wildman–Crippen LogP) is 3.22. The van der Waals surface area contributed by atoms with E-state index in [0.717, 1.165) is 18.2 Å². The Morgan fingerprint density at radius 3 is 2.82 bits per heavy atom. The molecule has 1 rings (SSSR count). The predicted molar refractivity (Wildman–Crippen MR) is 64.0 cm³/mol. The van der Waals surface area contributed by atoms with E-state index in [2.05, 4.69) is 15.9 Å². The van der Waals surface area contributed by atoms with Crippen LogP contribution in [0.4, 0.5) is 8.78 Å². The third-order valence-corrected chi connectivity index (χ3v) is 2.79. The maximum atomic E-state index is 13.3. The minimum Gasteiger partial charge on any atom is -0.466 e. The van der Waals surface area contributed by atoms with E-state index in [1.54, 1.807) is 6.92 Å². The first-order valence-corrected chi connectivity index (χ1v) is 6.18. The van der Waals surface area contributed by atoms with Crippen LogP contribution in [0.25, 0.3) is 0 Å². The zero-order chi connectivity index (χ0) is 12.8. The average Bonchev–Trinajstić information content (AvgIpc) is 2.23. The second-order valence-corrected chi connectivity index (χ2v) is 4.84. The van der Waals surface area contributed by atoms with Gasteiger partial charge in [-0.1, -0.05) is 15.9 Å². The number of carbonyl (C=O) groups is 1. The van der Waals surface area contributed by atoms with Gasteiger partial charge in [0.05, 0.1) is 13.0 Å². The van der Waals surface area contributed by atoms with Gasteiger partial charge in [-0.05, 0) is 37.1 Å². The van der Waals surface area contributed by atoms with Gasteiger partial charge in [0, 0.05) is 4.83 Å². The topological polar surface area (TPSA) is 26.3 Å². The summed E-state index contributed by atoms with van der Waals surface area (Å²) in [6.07, 6.45) is 0.367. The van der Waals surface area contributed by atoms with Crippen LogP contribution < -0.4 is 0 Å². The molecule has 0 bridgehead atoms. The molecule has 0 saturated carbocycles. The van der Waals surface area contributed by atoms with Crippen LogP contribution in [-0.4, -0.2) is 17.4 Å². The van der Waals surface area contributed by atoms with Crippen LogP contribution in [0.1, 0.15) is 18.9 Å². The molecule has 0 aliphatic heterocycles. The Kier molecular flexibility index (Phi) is 5.55. The van der Waals surface area contributed by atoms with Crippen LogP contribution in [0.3, 0.4) is 0 Å². The molecule has 0 heterocycles. The molecule has 1 aromatic rings. The van der Waals surface area contributed by atoms with Crippen molar-refractivity contribution >= 4 is 21.9 Å². The Labute approximate surface area is 107 Å². The minimum absolute atomic E-state index is 0.129. The molecule has 94 valence electrons. The van der Waals surface area contributed by atoms with Crippen molar-refractivity contribution in [3.8, 4) is 0 Å². The third kappa shape index (κ3) is 4.81. The molecular formula is C12H13BrF2O2. The number of hydrogen-bond donors (Lipinski definition) is 0. The number of rotatable bonds is 5. The zero-order valence-electron chi connectivity index (χ0n) is 9.38. The highest BCUT2D eigenvalue weighted by atomic mass is 79.9. The number of hydrogen-bond acceptors (Lipinski definition) is 2. The van der Waals surface area contributed by atoms with Gasteiger partial charge in [0.15, 0.2) is 0 Å². The lowest BCUT2D eigenvalue weighted by Gasteiger charge is -2.10. The first kappa shape index (κ1) is 14.1. The molecule has 0 radical (unpaired) electrons. The average molecular weight is 307 g/mol. The lowest BCUT2D eigenvalue weighted by atomic mass is 10.1. The normalized spacial score (nSPS) is 12.2. The maximum absolute atomic E-state index is 13.3. The summed E-state index contributed by atoms with van der Waals surface area (Å²) >= 11 is 3.25. The highest BCUT2D eigenvalue weighted by Gasteiger charge is 2.14. The number of alkyl halides is 1. The second-order valence-electron chi connectivity index (χ2n) is 3.55. The SMILES string of the molecule is CCOC(=O)CC(Br)Cc1cc(F)ccc1F. The number of benzene rings is 1. The Morgan fingerprint density at radius 2 is 2.18 bits per heavy atom. The molecule has 1 aromatic carbocycles. The van der Waals surface area contributed by atoms with E-state index < -0.39 is 11.6 Å². The van der Waals surface area contributed by atoms with Gasteiger partial charge in [-0.15, -0.1) is 0 Å². The van der Waals surface area contributed by atoms with Crippen molar-refractivity contribution in [2.75, 3.05) is 6.61 Å². The van der Waals surface area contributed by atoms with Crippen LogP contribution in [0.2, 0.25) is 0 Å². The van der Waals surface area contributed by atoms with E-state index in [0.29, 0.717) is 6.61 Å². The number of ether oxygens (including phenoxy) is 1. The lowest BCUT2D eigenvalue weighted by molar-refractivity contribution is -0.143. The fourth-order valence-corrected chi connectivity index (χ4v) is 2.02. The van der Waals surface area contributed by atoms with Gasteiger partial charge < -0.3 is 4.74 Å². The van der Waals surface area contributed by atoms with Crippen molar-refractivity contribution in [1.82, 2.24) is 0 Å². The molecular weight excluding hydrogens is 294 g/mol. The smallest absolute Gasteiger partial charge is 0.306 e. The van der Waals surface area contributed by atoms with E-state index in [-0.39, 0.29) is 29.2 Å². The van der Waals surface area contributed by atoms with Crippen LogP contribution >= 0.6 is 15.9 Å². The summed E-state index contributed by atoms with van der Waals surface area (Å²) in [7, 11) is 0. The van der Waals surface area contributed by atoms with Crippen LogP contribution in [0, 0.1) is 11.6 Å². The van der Waals surface area contributed by atoms with Gasteiger partial charge in [-0.3, -0.25) is 4.79 Å². The lowest BCUT2D eigenvalue weighted by Crippen LogP contribution is -2.13. The van der Waals surface area contributed by atoms with Crippen molar-refractivity contribution in [2.45, 2.75) is 24.6 Å². The molecule has 0 spiro atoms. The first-order valence-electron chi connectivity index (χ1n) is 5.26. The number of esters is 1. The van der Waals surface area contributed by atoms with Crippen LogP contribution in [0.15, 0.2) is 18.2 Å². The largest absolute Gasteiger partial charge is 0.466 e. The van der Waals surface area contributed by atoms with Crippen LogP contribution in [-0.2, 0) is 16.0 Å². The minimum atomic E-state index is -0.489. The fraction of sp³-hybridized carbons (Fsp3) is 0.417. The standard InChI is InChI=1S/C12H13BrF2O2/c1-2-17-12(16)7-9(13)5-8-6-10(14)3-4-11(8)15/h3-4,6,9H,2,5,7H2,1H3. The summed E-state index contributed by atoms with van der Waals surface area (Å²) in [5.41, 5.74) is 0.246. The monoisotopic (exact) mass is 306 g/mol. The Bertz CT molecular complexity index is 396. The molecule has 1 unspecified atom stereocenters. The Morgan fingerprint density at radius 1 is 1.47 bits per heavy atom. The quantitative estimate of drug-likeness (QED) is 0.617. The van der Waals surface area contributed by atoms with Gasteiger partial charge in [-0.2, -0.15) is 0 Å². The zero-order valence-corrected chi connectivity index (χ0v) is 11.0.